The van der Waals surface area contributed by atoms with E-state index >= 15 is 0 Å². The monoisotopic (exact) mass is 311 g/mol. The third kappa shape index (κ3) is 1.75. The van der Waals surface area contributed by atoms with Crippen LogP contribution in [-0.2, 0) is 0 Å². The molecule has 24 heavy (non-hydrogen) atoms. The molecule has 0 unspecified atom stereocenters. The summed E-state index contributed by atoms with van der Waals surface area (Å²) >= 11 is 0. The molecule has 0 bridgehead atoms. The number of furan rings is 1. The number of phenols is 1. The summed E-state index contributed by atoms with van der Waals surface area (Å²) in [5.74, 6) is 0.171. The molecule has 0 aliphatic heterocycles. The Kier molecular flexibility index (Phi) is 2.65. The van der Waals surface area contributed by atoms with Crippen molar-refractivity contribution in [2.75, 3.05) is 0 Å². The molecular formula is C21H13NO2. The van der Waals surface area contributed by atoms with Gasteiger partial charge in [-0.3, -0.25) is 4.98 Å². The minimum Gasteiger partial charge on any atom is -0.507 e. The zero-order chi connectivity index (χ0) is 16.1. The molecule has 114 valence electrons. The first-order valence-corrected chi connectivity index (χ1v) is 7.80. The number of aromatic hydroxyl groups is 1. The summed E-state index contributed by atoms with van der Waals surface area (Å²) < 4.78 is 6.23. The lowest BCUT2D eigenvalue weighted by Gasteiger charge is -2.04. The van der Waals surface area contributed by atoms with Gasteiger partial charge in [0, 0.05) is 22.4 Å². The Morgan fingerprint density at radius 2 is 1.50 bits per heavy atom. The molecule has 5 aromatic rings. The van der Waals surface area contributed by atoms with Gasteiger partial charge in [0.05, 0.1) is 11.3 Å². The molecule has 0 spiro atoms. The normalized spacial score (nSPS) is 11.5. The molecule has 3 nitrogen and oxygen atoms in total. The van der Waals surface area contributed by atoms with E-state index in [1.54, 1.807) is 12.3 Å². The third-order valence-corrected chi connectivity index (χ3v) is 4.43. The Morgan fingerprint density at radius 3 is 2.38 bits per heavy atom. The predicted octanol–water partition coefficient (Wildman–Crippen LogP) is 5.51. The third-order valence-electron chi connectivity index (χ3n) is 4.43. The summed E-state index contributed by atoms with van der Waals surface area (Å²) in [6, 6.07) is 21.6. The van der Waals surface area contributed by atoms with Crippen LogP contribution < -0.4 is 0 Å². The highest BCUT2D eigenvalue weighted by Gasteiger charge is 2.17. The summed E-state index contributed by atoms with van der Waals surface area (Å²) in [4.78, 5) is 4.37. The molecular weight excluding hydrogens is 298 g/mol. The van der Waals surface area contributed by atoms with E-state index in [1.165, 1.54) is 0 Å². The maximum atomic E-state index is 10.4. The summed E-state index contributed by atoms with van der Waals surface area (Å²) in [5, 5.41) is 14.6. The average molecular weight is 311 g/mol. The van der Waals surface area contributed by atoms with Crippen LogP contribution >= 0.6 is 0 Å². The summed E-state index contributed by atoms with van der Waals surface area (Å²) in [6.45, 7) is 0. The number of aromatic nitrogens is 1. The lowest BCUT2D eigenvalue weighted by atomic mass is 10.0. The second-order valence-corrected chi connectivity index (χ2v) is 5.82. The van der Waals surface area contributed by atoms with Crippen molar-refractivity contribution in [3.63, 3.8) is 0 Å². The molecule has 0 aliphatic rings. The minimum atomic E-state index is 0.171. The molecule has 0 fully saturated rings. The van der Waals surface area contributed by atoms with Crippen LogP contribution in [-0.4, -0.2) is 10.1 Å². The van der Waals surface area contributed by atoms with Crippen LogP contribution in [0.25, 0.3) is 44.0 Å². The summed E-state index contributed by atoms with van der Waals surface area (Å²) in [5.41, 5.74) is 2.84. The molecule has 0 saturated carbocycles. The van der Waals surface area contributed by atoms with E-state index in [2.05, 4.69) is 29.2 Å². The van der Waals surface area contributed by atoms with Gasteiger partial charge >= 0.3 is 0 Å². The Balaban J connectivity index is 1.97. The molecule has 5 rings (SSSR count). The fraction of sp³-hybridized carbons (Fsp3) is 0. The fourth-order valence-corrected chi connectivity index (χ4v) is 3.32. The second kappa shape index (κ2) is 4.83. The van der Waals surface area contributed by atoms with Gasteiger partial charge in [-0.1, -0.05) is 36.4 Å². The lowest BCUT2D eigenvalue weighted by molar-refractivity contribution is 0.477. The number of rotatable bonds is 1. The Labute approximate surface area is 137 Å². The molecule has 0 saturated heterocycles. The van der Waals surface area contributed by atoms with Crippen molar-refractivity contribution in [2.24, 2.45) is 0 Å². The van der Waals surface area contributed by atoms with E-state index in [4.69, 9.17) is 4.42 Å². The van der Waals surface area contributed by atoms with Gasteiger partial charge in [-0.05, 0) is 35.7 Å². The number of phenolic OH excluding ortho intramolecular Hbond substituents is 1. The van der Waals surface area contributed by atoms with Crippen molar-refractivity contribution < 1.29 is 9.52 Å². The first kappa shape index (κ1) is 13.1. The van der Waals surface area contributed by atoms with E-state index in [0.29, 0.717) is 16.8 Å². The highest BCUT2D eigenvalue weighted by Crippen LogP contribution is 2.41. The van der Waals surface area contributed by atoms with Gasteiger partial charge in [-0.15, -0.1) is 0 Å². The van der Waals surface area contributed by atoms with Gasteiger partial charge in [-0.2, -0.15) is 0 Å². The molecule has 2 aromatic heterocycles. The first-order valence-electron chi connectivity index (χ1n) is 7.80. The van der Waals surface area contributed by atoms with E-state index in [0.717, 1.165) is 27.1 Å². The average Bonchev–Trinajstić information content (AvgIpc) is 3.01. The smallest absolute Gasteiger partial charge is 0.148 e. The molecule has 0 atom stereocenters. The van der Waals surface area contributed by atoms with Crippen LogP contribution in [0.1, 0.15) is 0 Å². The van der Waals surface area contributed by atoms with Gasteiger partial charge in [0.1, 0.15) is 16.9 Å². The van der Waals surface area contributed by atoms with Gasteiger partial charge in [-0.25, -0.2) is 0 Å². The van der Waals surface area contributed by atoms with E-state index < -0.39 is 0 Å². The number of hydrogen-bond donors (Lipinski definition) is 1. The topological polar surface area (TPSA) is 46.3 Å². The van der Waals surface area contributed by atoms with Gasteiger partial charge in [0.2, 0.25) is 0 Å². The Bertz CT molecular complexity index is 1210. The van der Waals surface area contributed by atoms with Crippen molar-refractivity contribution in [3.05, 3.63) is 72.9 Å². The molecule has 1 N–H and O–H groups in total. The molecule has 0 aliphatic carbocycles. The SMILES string of the molecule is Oc1ccc2c(oc3c4ccccc4ccc23)c1-c1ccccn1. The van der Waals surface area contributed by atoms with E-state index in [9.17, 15) is 5.11 Å². The van der Waals surface area contributed by atoms with Crippen LogP contribution in [0.5, 0.6) is 5.75 Å². The van der Waals surface area contributed by atoms with Crippen molar-refractivity contribution in [2.45, 2.75) is 0 Å². The van der Waals surface area contributed by atoms with Crippen LogP contribution in [0, 0.1) is 0 Å². The quantitative estimate of drug-likeness (QED) is 0.444. The number of fused-ring (bicyclic) bond motifs is 5. The summed E-state index contributed by atoms with van der Waals surface area (Å²) in [7, 11) is 0. The standard InChI is InChI=1S/C21H13NO2/c23-18-11-10-16-15-9-8-13-5-1-2-6-14(13)20(15)24-21(16)19(18)17-7-3-4-12-22-17/h1-12,23H. The number of benzene rings is 3. The molecule has 2 heterocycles. The largest absolute Gasteiger partial charge is 0.507 e. The van der Waals surface area contributed by atoms with Crippen molar-refractivity contribution in [1.82, 2.24) is 4.98 Å². The first-order chi connectivity index (χ1) is 11.8. The van der Waals surface area contributed by atoms with Crippen molar-refractivity contribution in [3.8, 4) is 17.0 Å². The predicted molar refractivity (Wildman–Crippen MR) is 96.1 cm³/mol. The maximum absolute atomic E-state index is 10.4. The number of nitrogens with zero attached hydrogens (tertiary/aromatic N) is 1. The van der Waals surface area contributed by atoms with Crippen LogP contribution in [0.15, 0.2) is 77.3 Å². The Morgan fingerprint density at radius 1 is 0.708 bits per heavy atom. The van der Waals surface area contributed by atoms with Gasteiger partial charge < -0.3 is 9.52 Å². The zero-order valence-corrected chi connectivity index (χ0v) is 12.7. The maximum Gasteiger partial charge on any atom is 0.148 e. The van der Waals surface area contributed by atoms with Crippen molar-refractivity contribution in [1.29, 1.82) is 0 Å². The van der Waals surface area contributed by atoms with Gasteiger partial charge in [0.15, 0.2) is 0 Å². The number of pyridine rings is 1. The van der Waals surface area contributed by atoms with E-state index in [1.807, 2.05) is 36.4 Å². The Hall–Kier alpha value is -3.33. The highest BCUT2D eigenvalue weighted by molar-refractivity contribution is 6.17. The lowest BCUT2D eigenvalue weighted by Crippen LogP contribution is -1.83. The minimum absolute atomic E-state index is 0.171. The molecule has 3 aromatic carbocycles. The number of hydrogen-bond acceptors (Lipinski definition) is 3. The second-order valence-electron chi connectivity index (χ2n) is 5.82. The fourth-order valence-electron chi connectivity index (χ4n) is 3.32. The molecule has 3 heteroatoms. The van der Waals surface area contributed by atoms with E-state index in [-0.39, 0.29) is 5.75 Å². The van der Waals surface area contributed by atoms with Crippen molar-refractivity contribution >= 4 is 32.7 Å². The zero-order valence-electron chi connectivity index (χ0n) is 12.7. The van der Waals surface area contributed by atoms with Gasteiger partial charge in [0.25, 0.3) is 0 Å². The highest BCUT2D eigenvalue weighted by atomic mass is 16.3. The summed E-state index contributed by atoms with van der Waals surface area (Å²) in [6.07, 6.45) is 1.71. The van der Waals surface area contributed by atoms with Crippen LogP contribution in [0.3, 0.4) is 0 Å². The molecule has 0 amide bonds. The van der Waals surface area contributed by atoms with Crippen LogP contribution in [0.4, 0.5) is 0 Å². The van der Waals surface area contributed by atoms with Crippen LogP contribution in [0.2, 0.25) is 0 Å². The molecule has 0 radical (unpaired) electrons.